The molecule has 1 aliphatic rings. The van der Waals surface area contributed by atoms with E-state index in [0.717, 1.165) is 12.8 Å². The first kappa shape index (κ1) is 11.5. The van der Waals surface area contributed by atoms with E-state index in [1.807, 2.05) is 13.8 Å². The molecule has 0 aromatic carbocycles. The highest BCUT2D eigenvalue weighted by atomic mass is 16.3. The molecule has 0 radical (unpaired) electrons. The van der Waals surface area contributed by atoms with Crippen molar-refractivity contribution in [1.82, 2.24) is 4.90 Å². The summed E-state index contributed by atoms with van der Waals surface area (Å²) in [6.07, 6.45) is 2.36. The Bertz CT molecular complexity index is 212. The molecule has 0 aliphatic carbocycles. The lowest BCUT2D eigenvalue weighted by Gasteiger charge is -2.47. The Morgan fingerprint density at radius 2 is 2.14 bits per heavy atom. The number of likely N-dealkylation sites (tertiary alicyclic amines) is 1. The second-order valence-electron chi connectivity index (χ2n) is 4.18. The van der Waals surface area contributed by atoms with Gasteiger partial charge < -0.3 is 15.7 Å². The van der Waals surface area contributed by atoms with Gasteiger partial charge in [-0.15, -0.1) is 0 Å². The first-order chi connectivity index (χ1) is 6.52. The van der Waals surface area contributed by atoms with Crippen LogP contribution in [0.2, 0.25) is 0 Å². The molecule has 1 fully saturated rings. The Labute approximate surface area is 85.1 Å². The van der Waals surface area contributed by atoms with Crippen molar-refractivity contribution in [3.8, 4) is 0 Å². The number of amides is 1. The molecule has 0 aromatic rings. The van der Waals surface area contributed by atoms with Crippen LogP contribution in [0, 0.1) is 0 Å². The fourth-order valence-electron chi connectivity index (χ4n) is 1.85. The molecule has 1 saturated heterocycles. The molecular weight excluding hydrogens is 180 g/mol. The van der Waals surface area contributed by atoms with Gasteiger partial charge in [0.05, 0.1) is 24.7 Å². The Morgan fingerprint density at radius 3 is 2.57 bits per heavy atom. The summed E-state index contributed by atoms with van der Waals surface area (Å²) in [4.78, 5) is 13.2. The molecule has 1 amide bonds. The van der Waals surface area contributed by atoms with E-state index in [0.29, 0.717) is 19.5 Å². The molecule has 0 spiro atoms. The number of aliphatic hydroxyl groups is 1. The predicted octanol–water partition coefficient (Wildman–Crippen LogP) is 0.0971. The summed E-state index contributed by atoms with van der Waals surface area (Å²) < 4.78 is 0. The Morgan fingerprint density at radius 1 is 1.57 bits per heavy atom. The molecule has 4 nitrogen and oxygen atoms in total. The van der Waals surface area contributed by atoms with Crippen molar-refractivity contribution in [1.29, 1.82) is 0 Å². The molecule has 4 heteroatoms. The molecule has 1 aliphatic heterocycles. The largest absolute Gasteiger partial charge is 0.386 e. The van der Waals surface area contributed by atoms with Crippen LogP contribution in [0.1, 0.15) is 33.1 Å². The van der Waals surface area contributed by atoms with E-state index in [1.165, 1.54) is 0 Å². The zero-order valence-electron chi connectivity index (χ0n) is 8.99. The van der Waals surface area contributed by atoms with Gasteiger partial charge in [-0.2, -0.15) is 0 Å². The van der Waals surface area contributed by atoms with Crippen LogP contribution in [0.15, 0.2) is 0 Å². The van der Waals surface area contributed by atoms with E-state index in [-0.39, 0.29) is 5.91 Å². The normalized spacial score (nSPS) is 21.6. The Kier molecular flexibility index (Phi) is 3.50. The fraction of sp³-hybridized carbons (Fsp3) is 0.900. The van der Waals surface area contributed by atoms with Gasteiger partial charge in [-0.05, 0) is 12.8 Å². The lowest BCUT2D eigenvalue weighted by molar-refractivity contribution is -0.157. The second kappa shape index (κ2) is 4.28. The van der Waals surface area contributed by atoms with Crippen molar-refractivity contribution in [2.75, 3.05) is 13.1 Å². The van der Waals surface area contributed by atoms with E-state index in [2.05, 4.69) is 0 Å². The van der Waals surface area contributed by atoms with Crippen LogP contribution >= 0.6 is 0 Å². The van der Waals surface area contributed by atoms with Gasteiger partial charge in [-0.3, -0.25) is 4.79 Å². The second-order valence-corrected chi connectivity index (χ2v) is 4.18. The van der Waals surface area contributed by atoms with Crippen molar-refractivity contribution in [2.24, 2.45) is 5.73 Å². The van der Waals surface area contributed by atoms with Crippen molar-refractivity contribution in [3.05, 3.63) is 0 Å². The fourth-order valence-corrected chi connectivity index (χ4v) is 1.85. The summed E-state index contributed by atoms with van der Waals surface area (Å²) >= 11 is 0. The highest BCUT2D eigenvalue weighted by molar-refractivity contribution is 5.82. The summed E-state index contributed by atoms with van der Waals surface area (Å²) in [5, 5.41) is 9.85. The third-order valence-corrected chi connectivity index (χ3v) is 2.75. The van der Waals surface area contributed by atoms with Crippen molar-refractivity contribution < 1.29 is 9.90 Å². The topological polar surface area (TPSA) is 66.6 Å². The van der Waals surface area contributed by atoms with Gasteiger partial charge in [0.2, 0.25) is 5.91 Å². The molecule has 1 atom stereocenters. The van der Waals surface area contributed by atoms with E-state index >= 15 is 0 Å². The first-order valence-electron chi connectivity index (χ1n) is 5.29. The number of carbonyl (C=O) groups excluding carboxylic acids is 1. The third kappa shape index (κ3) is 2.25. The number of hydrogen-bond donors (Lipinski definition) is 2. The van der Waals surface area contributed by atoms with Crippen LogP contribution in [0.4, 0.5) is 0 Å². The van der Waals surface area contributed by atoms with Crippen LogP contribution in [-0.4, -0.2) is 40.6 Å². The minimum Gasteiger partial charge on any atom is -0.386 e. The number of hydrogen-bond acceptors (Lipinski definition) is 3. The van der Waals surface area contributed by atoms with Crippen LogP contribution in [-0.2, 0) is 4.79 Å². The monoisotopic (exact) mass is 200 g/mol. The Hall–Kier alpha value is -0.610. The number of carbonyl (C=O) groups is 1. The summed E-state index contributed by atoms with van der Waals surface area (Å²) in [5.74, 6) is -0.0340. The lowest BCUT2D eigenvalue weighted by atomic mass is 9.88. The molecule has 0 unspecified atom stereocenters. The molecule has 82 valence electrons. The molecule has 0 aromatic heterocycles. The van der Waals surface area contributed by atoms with Crippen LogP contribution in [0.25, 0.3) is 0 Å². The smallest absolute Gasteiger partial charge is 0.239 e. The van der Waals surface area contributed by atoms with Gasteiger partial charge in [0.1, 0.15) is 0 Å². The van der Waals surface area contributed by atoms with Gasteiger partial charge in [0.15, 0.2) is 0 Å². The minimum absolute atomic E-state index is 0.0340. The summed E-state index contributed by atoms with van der Waals surface area (Å²) in [6.45, 7) is 4.82. The van der Waals surface area contributed by atoms with E-state index in [9.17, 15) is 9.90 Å². The van der Waals surface area contributed by atoms with E-state index in [1.54, 1.807) is 4.90 Å². The van der Waals surface area contributed by atoms with Crippen molar-refractivity contribution in [2.45, 2.75) is 44.8 Å². The third-order valence-electron chi connectivity index (χ3n) is 2.75. The maximum absolute atomic E-state index is 11.5. The molecule has 1 rings (SSSR count). The average molecular weight is 200 g/mol. The first-order valence-corrected chi connectivity index (χ1v) is 5.29. The van der Waals surface area contributed by atoms with Crippen molar-refractivity contribution >= 4 is 5.91 Å². The average Bonchev–Trinajstić information content (AvgIpc) is 2.12. The summed E-state index contributed by atoms with van der Waals surface area (Å²) in [7, 11) is 0. The maximum atomic E-state index is 11.5. The SMILES string of the molecule is CCCC1(O)CN(C(=O)[C@@H](N)CC)C1. The molecule has 0 saturated carbocycles. The lowest BCUT2D eigenvalue weighted by Crippen LogP contribution is -2.65. The quantitative estimate of drug-likeness (QED) is 0.676. The zero-order valence-corrected chi connectivity index (χ0v) is 8.99. The predicted molar refractivity (Wildman–Crippen MR) is 54.7 cm³/mol. The molecule has 3 N–H and O–H groups in total. The van der Waals surface area contributed by atoms with E-state index in [4.69, 9.17) is 5.73 Å². The van der Waals surface area contributed by atoms with Crippen molar-refractivity contribution in [3.63, 3.8) is 0 Å². The minimum atomic E-state index is -0.641. The number of β-amino-alcohol motifs (C(OH)–C–C–N with tert-alkyl or cyclic N) is 1. The summed E-state index contributed by atoms with van der Waals surface area (Å²) in [5.41, 5.74) is 4.98. The van der Waals surface area contributed by atoms with Gasteiger partial charge in [0, 0.05) is 0 Å². The Balaban J connectivity index is 2.37. The van der Waals surface area contributed by atoms with Gasteiger partial charge in [0.25, 0.3) is 0 Å². The van der Waals surface area contributed by atoms with Crippen LogP contribution < -0.4 is 5.73 Å². The van der Waals surface area contributed by atoms with E-state index < -0.39 is 11.6 Å². The van der Waals surface area contributed by atoms with Gasteiger partial charge >= 0.3 is 0 Å². The number of nitrogens with zero attached hydrogens (tertiary/aromatic N) is 1. The van der Waals surface area contributed by atoms with Crippen LogP contribution in [0.5, 0.6) is 0 Å². The standard InChI is InChI=1S/C10H20N2O2/c1-3-5-10(14)6-12(7-10)9(13)8(11)4-2/h8,14H,3-7,11H2,1-2H3/t8-/m0/s1. The molecule has 14 heavy (non-hydrogen) atoms. The number of nitrogens with two attached hydrogens (primary N) is 1. The zero-order chi connectivity index (χ0) is 10.8. The van der Waals surface area contributed by atoms with Gasteiger partial charge in [-0.1, -0.05) is 20.3 Å². The molecule has 0 bridgehead atoms. The molecule has 1 heterocycles. The highest BCUT2D eigenvalue weighted by Gasteiger charge is 2.43. The summed E-state index contributed by atoms with van der Waals surface area (Å²) in [6, 6.07) is -0.402. The maximum Gasteiger partial charge on any atom is 0.239 e. The highest BCUT2D eigenvalue weighted by Crippen LogP contribution is 2.26. The van der Waals surface area contributed by atoms with Crippen LogP contribution in [0.3, 0.4) is 0 Å². The van der Waals surface area contributed by atoms with Gasteiger partial charge in [-0.25, -0.2) is 0 Å². The molecular formula is C10H20N2O2. The number of rotatable bonds is 4.